The van der Waals surface area contributed by atoms with Gasteiger partial charge in [0.15, 0.2) is 0 Å². The predicted molar refractivity (Wildman–Crippen MR) is 155 cm³/mol. The number of nitrogens with zero attached hydrogens (tertiary/aromatic N) is 4. The van der Waals surface area contributed by atoms with Gasteiger partial charge in [0.05, 0.1) is 24.6 Å². The minimum Gasteiger partial charge on any atom is -0.365 e. The lowest BCUT2D eigenvalue weighted by molar-refractivity contribution is -0.137. The third kappa shape index (κ3) is 7.57. The number of alkyl halides is 3. The summed E-state index contributed by atoms with van der Waals surface area (Å²) in [4.78, 5) is 11.9. The standard InChI is InChI=1S/C26H34F3N6O5PS/c1-7-39-41(36,40-8-2)25(3,4)19-11-13-20(14-12-19)33-24-32-17-21(26(27,28)29)22(34-24)31-16-18-10-9-15-30-23(18)35(5)42(6,37)38/h9-15,17H,7-8,16H2,1-6H3,(H2,31,32,33,34). The van der Waals surface area contributed by atoms with Crippen molar-refractivity contribution in [2.45, 2.75) is 45.6 Å². The van der Waals surface area contributed by atoms with Crippen LogP contribution in [0.3, 0.4) is 0 Å². The van der Waals surface area contributed by atoms with Crippen molar-refractivity contribution >= 4 is 40.9 Å². The molecule has 0 radical (unpaired) electrons. The van der Waals surface area contributed by atoms with Crippen molar-refractivity contribution in [2.24, 2.45) is 0 Å². The van der Waals surface area contributed by atoms with E-state index < -0.39 is 40.3 Å². The lowest BCUT2D eigenvalue weighted by atomic mass is 10.0. The molecule has 0 amide bonds. The lowest BCUT2D eigenvalue weighted by Crippen LogP contribution is -2.27. The molecule has 0 spiro atoms. The highest BCUT2D eigenvalue weighted by Gasteiger charge is 2.44. The molecule has 2 heterocycles. The van der Waals surface area contributed by atoms with Crippen molar-refractivity contribution in [1.82, 2.24) is 15.0 Å². The third-order valence-electron chi connectivity index (χ3n) is 6.33. The number of nitrogens with one attached hydrogen (secondary N) is 2. The van der Waals surface area contributed by atoms with Crippen molar-refractivity contribution in [3.05, 3.63) is 65.5 Å². The zero-order chi connectivity index (χ0) is 31.3. The molecule has 2 N–H and O–H groups in total. The molecule has 0 atom stereocenters. The molecule has 3 rings (SSSR count). The number of anilines is 4. The Labute approximate surface area is 243 Å². The summed E-state index contributed by atoms with van der Waals surface area (Å²) in [5.41, 5.74) is 0.364. The van der Waals surface area contributed by atoms with Gasteiger partial charge in [0.1, 0.15) is 17.2 Å². The largest absolute Gasteiger partial charge is 0.421 e. The molecule has 230 valence electrons. The number of benzene rings is 1. The first kappa shape index (κ1) is 33.2. The number of halogens is 3. The van der Waals surface area contributed by atoms with E-state index in [2.05, 4.69) is 25.6 Å². The second-order valence-electron chi connectivity index (χ2n) is 9.62. The minimum absolute atomic E-state index is 0.0645. The van der Waals surface area contributed by atoms with Gasteiger partial charge in [-0.3, -0.25) is 8.87 Å². The van der Waals surface area contributed by atoms with Gasteiger partial charge >= 0.3 is 13.8 Å². The average Bonchev–Trinajstić information content (AvgIpc) is 2.91. The second kappa shape index (κ2) is 12.9. The van der Waals surface area contributed by atoms with Crippen LogP contribution in [0.2, 0.25) is 0 Å². The van der Waals surface area contributed by atoms with Gasteiger partial charge in [0.2, 0.25) is 16.0 Å². The first-order valence-electron chi connectivity index (χ1n) is 12.9. The maximum atomic E-state index is 13.8. The molecule has 0 aliphatic heterocycles. The van der Waals surface area contributed by atoms with Crippen molar-refractivity contribution in [1.29, 1.82) is 0 Å². The maximum absolute atomic E-state index is 13.8. The molecule has 3 aromatic rings. The molecule has 0 bridgehead atoms. The molecule has 0 aliphatic carbocycles. The fourth-order valence-corrected chi connectivity index (χ4v) is 6.26. The van der Waals surface area contributed by atoms with Crippen LogP contribution in [0.15, 0.2) is 48.8 Å². The summed E-state index contributed by atoms with van der Waals surface area (Å²) in [7, 11) is -5.87. The molecule has 0 saturated heterocycles. The Morgan fingerprint density at radius 1 is 1.02 bits per heavy atom. The number of sulfonamides is 1. The van der Waals surface area contributed by atoms with Crippen LogP contribution >= 0.6 is 7.60 Å². The molecule has 0 saturated carbocycles. The van der Waals surface area contributed by atoms with Crippen molar-refractivity contribution in [3.8, 4) is 0 Å². The van der Waals surface area contributed by atoms with Crippen molar-refractivity contribution in [2.75, 3.05) is 41.5 Å². The lowest BCUT2D eigenvalue weighted by Gasteiger charge is -2.33. The monoisotopic (exact) mass is 630 g/mol. The minimum atomic E-state index is -4.76. The Morgan fingerprint density at radius 2 is 1.64 bits per heavy atom. The van der Waals surface area contributed by atoms with E-state index in [1.54, 1.807) is 64.1 Å². The normalized spacial score (nSPS) is 12.7. The van der Waals surface area contributed by atoms with E-state index in [1.165, 1.54) is 13.2 Å². The molecule has 1 aromatic carbocycles. The van der Waals surface area contributed by atoms with Crippen LogP contribution < -0.4 is 14.9 Å². The average molecular weight is 631 g/mol. The molecule has 2 aromatic heterocycles. The summed E-state index contributed by atoms with van der Waals surface area (Å²) in [6, 6.07) is 9.80. The molecular weight excluding hydrogens is 596 g/mol. The van der Waals surface area contributed by atoms with Crippen LogP contribution in [0.1, 0.15) is 44.4 Å². The summed E-state index contributed by atoms with van der Waals surface area (Å²) < 4.78 is 90.7. The van der Waals surface area contributed by atoms with Crippen LogP contribution in [0.4, 0.5) is 36.4 Å². The van der Waals surface area contributed by atoms with Crippen LogP contribution in [0.5, 0.6) is 0 Å². The van der Waals surface area contributed by atoms with Gasteiger partial charge in [0.25, 0.3) is 0 Å². The summed E-state index contributed by atoms with van der Waals surface area (Å²) in [5.74, 6) is -0.565. The molecule has 0 aliphatic rings. The van der Waals surface area contributed by atoms with Gasteiger partial charge in [0, 0.05) is 37.2 Å². The van der Waals surface area contributed by atoms with E-state index >= 15 is 0 Å². The molecule has 16 heteroatoms. The number of aromatic nitrogens is 3. The smallest absolute Gasteiger partial charge is 0.365 e. The second-order valence-corrected chi connectivity index (χ2v) is 14.3. The molecule has 11 nitrogen and oxygen atoms in total. The number of pyridine rings is 1. The van der Waals surface area contributed by atoms with Crippen LogP contribution in [-0.4, -0.2) is 49.9 Å². The van der Waals surface area contributed by atoms with Gasteiger partial charge < -0.3 is 19.7 Å². The van der Waals surface area contributed by atoms with E-state index in [4.69, 9.17) is 9.05 Å². The van der Waals surface area contributed by atoms with Gasteiger partial charge in [-0.05, 0) is 51.5 Å². The van der Waals surface area contributed by atoms with Gasteiger partial charge in [-0.15, -0.1) is 0 Å². The number of hydrogen-bond donors (Lipinski definition) is 2. The fourth-order valence-electron chi connectivity index (χ4n) is 3.92. The Morgan fingerprint density at radius 3 is 2.19 bits per heavy atom. The zero-order valence-electron chi connectivity index (χ0n) is 24.1. The Kier molecular flexibility index (Phi) is 10.2. The van der Waals surface area contributed by atoms with E-state index in [1.807, 2.05) is 0 Å². The summed E-state index contributed by atoms with van der Waals surface area (Å²) in [5, 5.41) is 4.55. The summed E-state index contributed by atoms with van der Waals surface area (Å²) in [6.45, 7) is 7.17. The first-order valence-corrected chi connectivity index (χ1v) is 16.2. The Bertz CT molecular complexity index is 1530. The van der Waals surface area contributed by atoms with Crippen LogP contribution in [0, 0.1) is 0 Å². The quantitative estimate of drug-likeness (QED) is 0.212. The van der Waals surface area contributed by atoms with Gasteiger partial charge in [-0.2, -0.15) is 18.2 Å². The number of rotatable bonds is 13. The number of hydrogen-bond acceptors (Lipinski definition) is 10. The van der Waals surface area contributed by atoms with E-state index in [0.717, 1.165) is 10.6 Å². The third-order valence-corrected chi connectivity index (χ3v) is 10.3. The highest BCUT2D eigenvalue weighted by Crippen LogP contribution is 2.64. The highest BCUT2D eigenvalue weighted by atomic mass is 32.2. The van der Waals surface area contributed by atoms with Gasteiger partial charge in [-0.1, -0.05) is 18.2 Å². The summed E-state index contributed by atoms with van der Waals surface area (Å²) >= 11 is 0. The van der Waals surface area contributed by atoms with E-state index in [9.17, 15) is 26.2 Å². The maximum Gasteiger partial charge on any atom is 0.421 e. The van der Waals surface area contributed by atoms with Crippen molar-refractivity contribution in [3.63, 3.8) is 0 Å². The molecule has 42 heavy (non-hydrogen) atoms. The predicted octanol–water partition coefficient (Wildman–Crippen LogP) is 6.14. The fraction of sp³-hybridized carbons (Fsp3) is 0.423. The highest BCUT2D eigenvalue weighted by molar-refractivity contribution is 7.92. The molecule has 0 unspecified atom stereocenters. The zero-order valence-corrected chi connectivity index (χ0v) is 25.8. The van der Waals surface area contributed by atoms with Gasteiger partial charge in [-0.25, -0.2) is 18.4 Å². The Balaban J connectivity index is 1.88. The molecular formula is C26H34F3N6O5PS. The molecule has 0 fully saturated rings. The SMILES string of the molecule is CCOP(=O)(OCC)C(C)(C)c1ccc(Nc2ncc(C(F)(F)F)c(NCc3cccnc3N(C)S(C)(=O)=O)n2)cc1. The summed E-state index contributed by atoms with van der Waals surface area (Å²) in [6.07, 6.45) is -1.73. The Hall–Kier alpha value is -3.26. The van der Waals surface area contributed by atoms with Crippen LogP contribution in [0.25, 0.3) is 0 Å². The topological polar surface area (TPSA) is 136 Å². The van der Waals surface area contributed by atoms with Crippen molar-refractivity contribution < 1.29 is 35.2 Å². The van der Waals surface area contributed by atoms with E-state index in [-0.39, 0.29) is 31.5 Å². The van der Waals surface area contributed by atoms with E-state index in [0.29, 0.717) is 23.0 Å². The first-order chi connectivity index (χ1) is 19.5. The van der Waals surface area contributed by atoms with Crippen LogP contribution in [-0.2, 0) is 41.5 Å².